The molecule has 1 aliphatic heterocycles. The Morgan fingerprint density at radius 1 is 1.06 bits per heavy atom. The number of hydrogen-bond acceptors (Lipinski definition) is 5. The van der Waals surface area contributed by atoms with Crippen LogP contribution in [0.25, 0.3) is 0 Å². The fraction of sp³-hybridized carbons (Fsp3) is 0.533. The van der Waals surface area contributed by atoms with Gasteiger partial charge in [0.2, 0.25) is 0 Å². The van der Waals surface area contributed by atoms with Crippen molar-refractivity contribution in [1.82, 2.24) is 24.6 Å². The molecule has 6 heteroatoms. The van der Waals surface area contributed by atoms with Crippen molar-refractivity contribution in [1.29, 1.82) is 0 Å². The fourth-order valence-electron chi connectivity index (χ4n) is 5.74. The van der Waals surface area contributed by atoms with E-state index in [0.29, 0.717) is 12.0 Å². The van der Waals surface area contributed by atoms with Crippen LogP contribution in [0.2, 0.25) is 0 Å². The Morgan fingerprint density at radius 3 is 2.44 bits per heavy atom. The van der Waals surface area contributed by atoms with Crippen LogP contribution in [0.15, 0.2) is 54.9 Å². The molecule has 194 valence electrons. The molecule has 36 heavy (non-hydrogen) atoms. The Morgan fingerprint density at radius 2 is 1.81 bits per heavy atom. The Kier molecular flexibility index (Phi) is 9.67. The van der Waals surface area contributed by atoms with Crippen LogP contribution < -0.4 is 0 Å². The van der Waals surface area contributed by atoms with E-state index < -0.39 is 0 Å². The predicted molar refractivity (Wildman–Crippen MR) is 146 cm³/mol. The van der Waals surface area contributed by atoms with Gasteiger partial charge in [-0.1, -0.05) is 36.4 Å². The van der Waals surface area contributed by atoms with Crippen molar-refractivity contribution in [3.63, 3.8) is 0 Å². The van der Waals surface area contributed by atoms with Crippen molar-refractivity contribution >= 4 is 0 Å². The molecular formula is C30H43N5O. The van der Waals surface area contributed by atoms with Crippen LogP contribution in [-0.4, -0.2) is 64.0 Å². The minimum Gasteiger partial charge on any atom is -0.383 e. The first-order valence-electron chi connectivity index (χ1n) is 13.5. The van der Waals surface area contributed by atoms with E-state index in [1.54, 1.807) is 7.11 Å². The third-order valence-corrected chi connectivity index (χ3v) is 7.84. The van der Waals surface area contributed by atoms with Gasteiger partial charge in [-0.2, -0.15) is 5.10 Å². The van der Waals surface area contributed by atoms with E-state index in [1.807, 2.05) is 18.5 Å². The Labute approximate surface area is 217 Å². The van der Waals surface area contributed by atoms with Gasteiger partial charge in [-0.25, -0.2) is 0 Å². The largest absolute Gasteiger partial charge is 0.383 e. The number of aromatic nitrogens is 3. The molecule has 3 heterocycles. The summed E-state index contributed by atoms with van der Waals surface area (Å²) in [6, 6.07) is 15.7. The maximum absolute atomic E-state index is 5.54. The van der Waals surface area contributed by atoms with Crippen LogP contribution in [0.3, 0.4) is 0 Å². The van der Waals surface area contributed by atoms with Crippen molar-refractivity contribution < 1.29 is 4.74 Å². The van der Waals surface area contributed by atoms with Gasteiger partial charge in [0.25, 0.3) is 0 Å². The zero-order valence-electron chi connectivity index (χ0n) is 22.6. The lowest BCUT2D eigenvalue weighted by atomic mass is 9.84. The summed E-state index contributed by atoms with van der Waals surface area (Å²) in [5, 5.41) is 4.74. The quantitative estimate of drug-likeness (QED) is 0.363. The first-order valence-corrected chi connectivity index (χ1v) is 13.5. The number of pyridine rings is 1. The summed E-state index contributed by atoms with van der Waals surface area (Å²) in [5.74, 6) is 0.649. The summed E-state index contributed by atoms with van der Waals surface area (Å²) >= 11 is 0. The Hall–Kier alpha value is -2.54. The zero-order valence-corrected chi connectivity index (χ0v) is 22.6. The Balaban J connectivity index is 1.49. The van der Waals surface area contributed by atoms with Crippen LogP contribution >= 0.6 is 0 Å². The summed E-state index contributed by atoms with van der Waals surface area (Å²) in [5.41, 5.74) is 6.59. The average Bonchev–Trinajstić information content (AvgIpc) is 3.19. The lowest BCUT2D eigenvalue weighted by Crippen LogP contribution is -2.47. The lowest BCUT2D eigenvalue weighted by Gasteiger charge is -2.41. The van der Waals surface area contributed by atoms with E-state index in [0.717, 1.165) is 52.3 Å². The molecule has 0 bridgehead atoms. The van der Waals surface area contributed by atoms with E-state index in [1.165, 1.54) is 40.9 Å². The topological polar surface area (TPSA) is 46.4 Å². The molecule has 3 aromatic rings. The molecule has 1 saturated heterocycles. The van der Waals surface area contributed by atoms with Gasteiger partial charge in [0.05, 0.1) is 12.3 Å². The second-order valence-corrected chi connectivity index (χ2v) is 10.2. The number of benzene rings is 1. The van der Waals surface area contributed by atoms with Gasteiger partial charge in [0, 0.05) is 63.0 Å². The van der Waals surface area contributed by atoms with E-state index in [4.69, 9.17) is 9.84 Å². The monoisotopic (exact) mass is 489 g/mol. The molecule has 1 aliphatic rings. The summed E-state index contributed by atoms with van der Waals surface area (Å²) in [7, 11) is 1.80. The Bertz CT molecular complexity index is 1040. The third-order valence-electron chi connectivity index (χ3n) is 7.84. The van der Waals surface area contributed by atoms with Crippen molar-refractivity contribution in [3.05, 3.63) is 82.9 Å². The predicted octanol–water partition coefficient (Wildman–Crippen LogP) is 4.89. The van der Waals surface area contributed by atoms with Gasteiger partial charge in [-0.05, 0) is 76.2 Å². The molecule has 2 aromatic heterocycles. The van der Waals surface area contributed by atoms with Gasteiger partial charge in [-0.15, -0.1) is 0 Å². The van der Waals surface area contributed by atoms with Crippen molar-refractivity contribution in [2.75, 3.05) is 33.4 Å². The van der Waals surface area contributed by atoms with Crippen molar-refractivity contribution in [3.8, 4) is 0 Å². The molecule has 0 spiro atoms. The highest BCUT2D eigenvalue weighted by molar-refractivity contribution is 5.24. The van der Waals surface area contributed by atoms with E-state index in [-0.39, 0.29) is 0 Å². The summed E-state index contributed by atoms with van der Waals surface area (Å²) in [6.45, 7) is 13.3. The van der Waals surface area contributed by atoms with Gasteiger partial charge in [-0.3, -0.25) is 19.5 Å². The molecule has 0 N–H and O–H groups in total. The molecule has 0 saturated carbocycles. The number of likely N-dealkylation sites (tertiary alicyclic amines) is 1. The minimum absolute atomic E-state index is 0.469. The number of hydrogen-bond donors (Lipinski definition) is 0. The zero-order chi connectivity index (χ0) is 25.3. The maximum Gasteiger partial charge on any atom is 0.0641 e. The van der Waals surface area contributed by atoms with Crippen molar-refractivity contribution in [2.45, 2.75) is 65.7 Å². The number of ether oxygens (including phenoxy) is 1. The molecule has 4 rings (SSSR count). The molecule has 6 nitrogen and oxygen atoms in total. The van der Waals surface area contributed by atoms with Crippen LogP contribution in [0.4, 0.5) is 0 Å². The first kappa shape index (κ1) is 26.5. The molecule has 0 aliphatic carbocycles. The normalized spacial score (nSPS) is 16.0. The maximum atomic E-state index is 5.54. The molecular weight excluding hydrogens is 446 g/mol. The van der Waals surface area contributed by atoms with Crippen LogP contribution in [0, 0.1) is 19.8 Å². The van der Waals surface area contributed by atoms with E-state index in [9.17, 15) is 0 Å². The van der Waals surface area contributed by atoms with Crippen LogP contribution in [0.5, 0.6) is 0 Å². The van der Waals surface area contributed by atoms with Crippen LogP contribution in [0.1, 0.15) is 47.8 Å². The van der Waals surface area contributed by atoms with Crippen molar-refractivity contribution in [2.24, 2.45) is 5.92 Å². The van der Waals surface area contributed by atoms with Gasteiger partial charge >= 0.3 is 0 Å². The van der Waals surface area contributed by atoms with Gasteiger partial charge in [0.1, 0.15) is 0 Å². The molecule has 0 amide bonds. The number of piperidine rings is 1. The number of aryl methyl sites for hydroxylation is 2. The molecule has 1 fully saturated rings. The first-order chi connectivity index (χ1) is 17.6. The second-order valence-electron chi connectivity index (χ2n) is 10.2. The SMILES string of the molecule is CCn1nc(C)c(CN2CCC(C(Cc3ccccc3)N(CCOC)Cc3cccnc3)CC2)c1C. The standard InChI is InChI=1S/C30H43N5O/c1-5-35-25(3)29(24(2)32-35)23-33-16-13-28(14-17-33)30(20-26-10-7-6-8-11-26)34(18-19-36-4)22-27-12-9-15-31-21-27/h6-12,15,21,28,30H,5,13-14,16-20,22-23H2,1-4H3. The lowest BCUT2D eigenvalue weighted by molar-refractivity contribution is 0.0570. The summed E-state index contributed by atoms with van der Waals surface area (Å²) in [6.07, 6.45) is 7.36. The number of nitrogens with zero attached hydrogens (tertiary/aromatic N) is 5. The van der Waals surface area contributed by atoms with Gasteiger partial charge < -0.3 is 4.74 Å². The molecule has 1 atom stereocenters. The molecule has 1 aromatic carbocycles. The number of rotatable bonds is 12. The van der Waals surface area contributed by atoms with E-state index >= 15 is 0 Å². The third kappa shape index (κ3) is 6.81. The highest BCUT2D eigenvalue weighted by atomic mass is 16.5. The highest BCUT2D eigenvalue weighted by Gasteiger charge is 2.31. The van der Waals surface area contributed by atoms with E-state index in [2.05, 4.69) is 76.6 Å². The summed E-state index contributed by atoms with van der Waals surface area (Å²) < 4.78 is 7.68. The summed E-state index contributed by atoms with van der Waals surface area (Å²) in [4.78, 5) is 9.65. The highest BCUT2D eigenvalue weighted by Crippen LogP contribution is 2.29. The number of methoxy groups -OCH3 is 1. The van der Waals surface area contributed by atoms with Gasteiger partial charge in [0.15, 0.2) is 0 Å². The second kappa shape index (κ2) is 13.1. The van der Waals surface area contributed by atoms with Crippen LogP contribution in [-0.2, 0) is 30.8 Å². The average molecular weight is 490 g/mol. The molecule has 1 unspecified atom stereocenters. The molecule has 0 radical (unpaired) electrons. The minimum atomic E-state index is 0.469. The smallest absolute Gasteiger partial charge is 0.0641 e. The fourth-order valence-corrected chi connectivity index (χ4v) is 5.74.